The molecule has 0 amide bonds. The Morgan fingerprint density at radius 3 is 2.06 bits per heavy atom. The average Bonchev–Trinajstić information content (AvgIpc) is 2.12. The quantitative estimate of drug-likeness (QED) is 0.350. The van der Waals surface area contributed by atoms with Crippen LogP contribution in [0.15, 0.2) is 0 Å². The van der Waals surface area contributed by atoms with Crippen molar-refractivity contribution in [1.82, 2.24) is 0 Å². The Morgan fingerprint density at radius 2 is 1.62 bits per heavy atom. The van der Waals surface area contributed by atoms with E-state index >= 15 is 0 Å². The number of rotatable bonds is 9. The molecular weight excluding hydrogens is 386 g/mol. The molecule has 0 saturated heterocycles. The molecule has 0 aliphatic rings. The third-order valence-corrected chi connectivity index (χ3v) is 4.17. The maximum absolute atomic E-state index is 10.8. The van der Waals surface area contributed by atoms with Crippen LogP contribution in [0.25, 0.3) is 0 Å². The average molecular weight is 402 g/mol. The summed E-state index contributed by atoms with van der Waals surface area (Å²) in [5, 5.41) is 0.313. The number of hydrogen-bond acceptors (Lipinski definition) is 2. The van der Waals surface area contributed by atoms with Gasteiger partial charge < -0.3 is 9.79 Å². The first-order chi connectivity index (χ1) is 7.33. The molecule has 0 bridgehead atoms. The fraction of sp³-hybridized carbons (Fsp3) is 1.00. The molecule has 0 heterocycles. The van der Waals surface area contributed by atoms with Crippen LogP contribution in [0.5, 0.6) is 0 Å². The first kappa shape index (κ1) is 17.4. The van der Waals surface area contributed by atoms with Crippen molar-refractivity contribution in [2.24, 2.45) is 0 Å². The maximum Gasteiger partial charge on any atom is 0.471 e. The molecule has 98 valence electrons. The van der Waals surface area contributed by atoms with Crippen LogP contribution in [0.1, 0.15) is 32.1 Å². The Hall–Kier alpha value is 1.36. The van der Waals surface area contributed by atoms with Crippen LogP contribution in [-0.2, 0) is 9.09 Å². The van der Waals surface area contributed by atoms with E-state index in [1.807, 2.05) is 0 Å². The zero-order chi connectivity index (χ0) is 12.7. The lowest BCUT2D eigenvalue weighted by Crippen LogP contribution is -2.24. The summed E-state index contributed by atoms with van der Waals surface area (Å²) in [4.78, 5) is 17.6. The molecule has 0 aliphatic heterocycles. The highest BCUT2D eigenvalue weighted by atomic mass is 79.9. The van der Waals surface area contributed by atoms with Gasteiger partial charge in [-0.1, -0.05) is 43.5 Å². The number of hydrogen-bond donors (Lipinski definition) is 2. The summed E-state index contributed by atoms with van der Waals surface area (Å²) >= 11 is 12.6. The van der Waals surface area contributed by atoms with Crippen LogP contribution < -0.4 is 0 Å². The van der Waals surface area contributed by atoms with E-state index in [1.165, 1.54) is 0 Å². The Balaban J connectivity index is 4.29. The van der Waals surface area contributed by atoms with E-state index in [0.717, 1.165) is 23.5 Å². The smallest absolute Gasteiger partial charge is 0.303 e. The summed E-state index contributed by atoms with van der Waals surface area (Å²) < 4.78 is 15.5. The monoisotopic (exact) mass is 400 g/mol. The van der Waals surface area contributed by atoms with Gasteiger partial charge in [0.2, 0.25) is 0 Å². The third kappa shape index (κ3) is 9.40. The van der Waals surface area contributed by atoms with Gasteiger partial charge in [-0.3, -0.25) is 4.52 Å². The van der Waals surface area contributed by atoms with Gasteiger partial charge >= 0.3 is 7.82 Å². The second-order valence-electron chi connectivity index (χ2n) is 3.40. The van der Waals surface area contributed by atoms with Crippen LogP contribution >= 0.6 is 51.3 Å². The molecule has 0 aromatic carbocycles. The van der Waals surface area contributed by atoms with Gasteiger partial charge in [-0.15, -0.1) is 0 Å². The van der Waals surface area contributed by atoms with Crippen LogP contribution in [0.3, 0.4) is 0 Å². The molecule has 0 aliphatic carbocycles. The SMILES string of the molecule is O=P(O)(O)OC(Cl)(CCCBr)CCCCBr. The van der Waals surface area contributed by atoms with Gasteiger partial charge in [-0.25, -0.2) is 4.57 Å². The van der Waals surface area contributed by atoms with Gasteiger partial charge in [0, 0.05) is 10.7 Å². The maximum atomic E-state index is 10.8. The second kappa shape index (κ2) is 8.46. The van der Waals surface area contributed by atoms with Gasteiger partial charge in [-0.2, -0.15) is 0 Å². The number of phosphoric ester groups is 1. The molecule has 1 unspecified atom stereocenters. The Labute approximate surface area is 118 Å². The van der Waals surface area contributed by atoms with Crippen LogP contribution in [0.4, 0.5) is 0 Å². The molecule has 8 heteroatoms. The first-order valence-electron chi connectivity index (χ1n) is 4.90. The van der Waals surface area contributed by atoms with Gasteiger partial charge in [-0.05, 0) is 32.1 Å². The predicted octanol–water partition coefficient (Wildman–Crippen LogP) is 3.77. The Bertz CT molecular complexity index is 238. The zero-order valence-electron chi connectivity index (χ0n) is 8.74. The van der Waals surface area contributed by atoms with Crippen molar-refractivity contribution in [2.45, 2.75) is 37.2 Å². The van der Waals surface area contributed by atoms with E-state index in [1.54, 1.807) is 0 Å². The van der Waals surface area contributed by atoms with Crippen molar-refractivity contribution < 1.29 is 18.9 Å². The highest BCUT2D eigenvalue weighted by Crippen LogP contribution is 2.46. The zero-order valence-corrected chi connectivity index (χ0v) is 13.6. The summed E-state index contributed by atoms with van der Waals surface area (Å²) in [5.74, 6) is 0. The third-order valence-electron chi connectivity index (χ3n) is 1.90. The van der Waals surface area contributed by atoms with Gasteiger partial charge in [0.25, 0.3) is 0 Å². The molecule has 1 atom stereocenters. The highest BCUT2D eigenvalue weighted by molar-refractivity contribution is 9.09. The van der Waals surface area contributed by atoms with Gasteiger partial charge in [0.05, 0.1) is 0 Å². The lowest BCUT2D eigenvalue weighted by molar-refractivity contribution is 0.0852. The Morgan fingerprint density at radius 1 is 1.12 bits per heavy atom. The molecule has 4 nitrogen and oxygen atoms in total. The minimum atomic E-state index is -4.54. The van der Waals surface area contributed by atoms with Gasteiger partial charge in [0.15, 0.2) is 5.06 Å². The van der Waals surface area contributed by atoms with Crippen molar-refractivity contribution in [3.05, 3.63) is 0 Å². The number of halogens is 3. The number of alkyl halides is 3. The molecular formula is C8H16Br2ClO4P. The number of unbranched alkanes of at least 4 members (excludes halogenated alkanes) is 1. The molecule has 0 aromatic heterocycles. The lowest BCUT2D eigenvalue weighted by atomic mass is 10.1. The molecule has 0 aromatic rings. The van der Waals surface area contributed by atoms with E-state index < -0.39 is 12.9 Å². The summed E-state index contributed by atoms with van der Waals surface area (Å²) in [5.41, 5.74) is 0. The van der Waals surface area contributed by atoms with E-state index in [4.69, 9.17) is 21.4 Å². The minimum Gasteiger partial charge on any atom is -0.303 e. The second-order valence-corrected chi connectivity index (χ2v) is 6.84. The number of phosphoric acid groups is 1. The van der Waals surface area contributed by atoms with E-state index in [9.17, 15) is 4.57 Å². The summed E-state index contributed by atoms with van der Waals surface area (Å²) in [6, 6.07) is 0. The molecule has 0 radical (unpaired) electrons. The topological polar surface area (TPSA) is 66.8 Å². The van der Waals surface area contributed by atoms with Crippen LogP contribution in [0, 0.1) is 0 Å². The molecule has 0 fully saturated rings. The van der Waals surface area contributed by atoms with Crippen LogP contribution in [-0.4, -0.2) is 25.5 Å². The fourth-order valence-corrected chi connectivity index (χ4v) is 3.07. The summed E-state index contributed by atoms with van der Waals surface area (Å²) in [7, 11) is -4.54. The normalized spacial score (nSPS) is 16.1. The minimum absolute atomic E-state index is 0.410. The summed E-state index contributed by atoms with van der Waals surface area (Å²) in [6.45, 7) is 0. The molecule has 16 heavy (non-hydrogen) atoms. The Kier molecular flexibility index (Phi) is 9.18. The fourth-order valence-electron chi connectivity index (χ4n) is 1.24. The van der Waals surface area contributed by atoms with E-state index in [2.05, 4.69) is 36.4 Å². The van der Waals surface area contributed by atoms with E-state index in [0.29, 0.717) is 19.3 Å². The molecule has 0 saturated carbocycles. The first-order valence-corrected chi connectivity index (χ1v) is 9.05. The van der Waals surface area contributed by atoms with Crippen LogP contribution in [0.2, 0.25) is 0 Å². The highest BCUT2D eigenvalue weighted by Gasteiger charge is 2.34. The van der Waals surface area contributed by atoms with Crippen molar-refractivity contribution in [2.75, 3.05) is 10.7 Å². The molecule has 2 N–H and O–H groups in total. The van der Waals surface area contributed by atoms with Crippen molar-refractivity contribution >= 4 is 51.3 Å². The summed E-state index contributed by atoms with van der Waals surface area (Å²) in [6.07, 6.45) is 3.20. The largest absolute Gasteiger partial charge is 0.471 e. The van der Waals surface area contributed by atoms with Crippen molar-refractivity contribution in [3.63, 3.8) is 0 Å². The lowest BCUT2D eigenvalue weighted by Gasteiger charge is -2.27. The van der Waals surface area contributed by atoms with Crippen molar-refractivity contribution in [1.29, 1.82) is 0 Å². The predicted molar refractivity (Wildman–Crippen MR) is 72.4 cm³/mol. The van der Waals surface area contributed by atoms with Gasteiger partial charge in [0.1, 0.15) is 0 Å². The van der Waals surface area contributed by atoms with E-state index in [-0.39, 0.29) is 0 Å². The van der Waals surface area contributed by atoms with Crippen molar-refractivity contribution in [3.8, 4) is 0 Å². The molecule has 0 spiro atoms. The standard InChI is InChI=1S/C8H16Br2ClO4P/c9-6-2-1-4-8(11,5-3-7-10)15-16(12,13)14/h1-7H2,(H2,12,13,14). The molecule has 0 rings (SSSR count).